The van der Waals surface area contributed by atoms with Gasteiger partial charge in [0.05, 0.1) is 4.88 Å². The standard InChI is InChI=1S/C20H18FN5O2S/c1-26-11-10-22-20(26)18(13-4-6-14(21)7-5-13)23-16(27)8-9-17-24-19(25-28-17)15-3-2-12-29-15/h2-7,10-12,18H,8-9H2,1H3,(H,23,27)/t18-/m1/s1. The number of amides is 1. The minimum absolute atomic E-state index is 0.175. The molecule has 0 unspecified atom stereocenters. The molecule has 3 heterocycles. The highest BCUT2D eigenvalue weighted by Crippen LogP contribution is 2.23. The van der Waals surface area contributed by atoms with Crippen LogP contribution in [-0.2, 0) is 18.3 Å². The Morgan fingerprint density at radius 3 is 2.83 bits per heavy atom. The molecule has 0 saturated carbocycles. The van der Waals surface area contributed by atoms with E-state index in [4.69, 9.17) is 4.52 Å². The van der Waals surface area contributed by atoms with E-state index in [0.29, 0.717) is 24.0 Å². The van der Waals surface area contributed by atoms with Gasteiger partial charge in [0.2, 0.25) is 17.6 Å². The second-order valence-corrected chi connectivity index (χ2v) is 7.39. The molecule has 7 nitrogen and oxygen atoms in total. The number of thiophene rings is 1. The highest BCUT2D eigenvalue weighted by atomic mass is 32.1. The number of nitrogens with one attached hydrogen (secondary N) is 1. The fourth-order valence-corrected chi connectivity index (χ4v) is 3.57. The van der Waals surface area contributed by atoms with Gasteiger partial charge in [0.1, 0.15) is 17.7 Å². The van der Waals surface area contributed by atoms with E-state index in [1.807, 2.05) is 29.1 Å². The van der Waals surface area contributed by atoms with Gasteiger partial charge in [-0.05, 0) is 29.1 Å². The molecular weight excluding hydrogens is 393 g/mol. The zero-order valence-corrected chi connectivity index (χ0v) is 16.4. The van der Waals surface area contributed by atoms with Gasteiger partial charge in [0.15, 0.2) is 0 Å². The quantitative estimate of drug-likeness (QED) is 0.503. The van der Waals surface area contributed by atoms with Crippen molar-refractivity contribution in [1.82, 2.24) is 25.0 Å². The minimum atomic E-state index is -0.493. The van der Waals surface area contributed by atoms with Crippen LogP contribution in [-0.4, -0.2) is 25.6 Å². The van der Waals surface area contributed by atoms with Gasteiger partial charge in [-0.25, -0.2) is 9.37 Å². The first kappa shape index (κ1) is 19.0. The van der Waals surface area contributed by atoms with Crippen molar-refractivity contribution >= 4 is 17.2 Å². The van der Waals surface area contributed by atoms with Gasteiger partial charge >= 0.3 is 0 Å². The second-order valence-electron chi connectivity index (χ2n) is 6.44. The van der Waals surface area contributed by atoms with Crippen molar-refractivity contribution in [3.05, 3.63) is 77.3 Å². The molecule has 0 fully saturated rings. The van der Waals surface area contributed by atoms with Gasteiger partial charge in [-0.3, -0.25) is 4.79 Å². The molecule has 4 aromatic rings. The molecule has 148 valence electrons. The van der Waals surface area contributed by atoms with Gasteiger partial charge in [-0.2, -0.15) is 4.98 Å². The zero-order valence-electron chi connectivity index (χ0n) is 15.6. The number of benzene rings is 1. The van der Waals surface area contributed by atoms with E-state index >= 15 is 0 Å². The summed E-state index contributed by atoms with van der Waals surface area (Å²) in [6.07, 6.45) is 3.94. The van der Waals surface area contributed by atoms with Crippen molar-refractivity contribution in [1.29, 1.82) is 0 Å². The Morgan fingerprint density at radius 2 is 2.14 bits per heavy atom. The molecule has 1 atom stereocenters. The van der Waals surface area contributed by atoms with E-state index in [2.05, 4.69) is 20.4 Å². The fourth-order valence-electron chi connectivity index (χ4n) is 2.92. The van der Waals surface area contributed by atoms with Crippen LogP contribution in [0.25, 0.3) is 10.7 Å². The largest absolute Gasteiger partial charge is 0.342 e. The third-order valence-corrected chi connectivity index (χ3v) is 5.27. The number of nitrogens with zero attached hydrogens (tertiary/aromatic N) is 4. The van der Waals surface area contributed by atoms with E-state index in [1.54, 1.807) is 24.5 Å². The van der Waals surface area contributed by atoms with E-state index in [1.165, 1.54) is 23.5 Å². The molecule has 0 aliphatic carbocycles. The summed E-state index contributed by atoms with van der Waals surface area (Å²) in [6.45, 7) is 0. The van der Waals surface area contributed by atoms with Gasteiger partial charge in [-0.1, -0.05) is 23.4 Å². The first-order chi connectivity index (χ1) is 14.1. The summed E-state index contributed by atoms with van der Waals surface area (Å²) >= 11 is 1.52. The number of carbonyl (C=O) groups is 1. The Kier molecular flexibility index (Phi) is 5.48. The molecule has 1 amide bonds. The Bertz CT molecular complexity index is 1090. The normalized spacial score (nSPS) is 12.1. The lowest BCUT2D eigenvalue weighted by atomic mass is 10.1. The first-order valence-corrected chi connectivity index (χ1v) is 9.86. The third kappa shape index (κ3) is 4.40. The Hall–Kier alpha value is -3.33. The van der Waals surface area contributed by atoms with Crippen LogP contribution in [0.1, 0.15) is 29.7 Å². The molecule has 0 bridgehead atoms. The van der Waals surface area contributed by atoms with Crippen molar-refractivity contribution < 1.29 is 13.7 Å². The molecular formula is C20H18FN5O2S. The number of hydrogen-bond acceptors (Lipinski definition) is 6. The maximum atomic E-state index is 13.3. The second kappa shape index (κ2) is 8.36. The van der Waals surface area contributed by atoms with E-state index in [-0.39, 0.29) is 18.1 Å². The Balaban J connectivity index is 1.44. The maximum absolute atomic E-state index is 13.3. The summed E-state index contributed by atoms with van der Waals surface area (Å²) in [6, 6.07) is 9.33. The smallest absolute Gasteiger partial charge is 0.227 e. The number of aryl methyl sites for hydroxylation is 2. The summed E-state index contributed by atoms with van der Waals surface area (Å²) in [4.78, 5) is 22.2. The van der Waals surface area contributed by atoms with E-state index < -0.39 is 6.04 Å². The van der Waals surface area contributed by atoms with Crippen molar-refractivity contribution in [3.8, 4) is 10.7 Å². The van der Waals surface area contributed by atoms with E-state index in [9.17, 15) is 9.18 Å². The third-order valence-electron chi connectivity index (χ3n) is 4.40. The van der Waals surface area contributed by atoms with Crippen LogP contribution in [0.5, 0.6) is 0 Å². The fraction of sp³-hybridized carbons (Fsp3) is 0.200. The number of hydrogen-bond donors (Lipinski definition) is 1. The number of halogens is 1. The average molecular weight is 411 g/mol. The van der Waals surface area contributed by atoms with Crippen LogP contribution in [0.3, 0.4) is 0 Å². The summed E-state index contributed by atoms with van der Waals surface area (Å²) < 4.78 is 20.4. The number of carbonyl (C=O) groups excluding carboxylic acids is 1. The molecule has 4 rings (SSSR count). The molecule has 29 heavy (non-hydrogen) atoms. The minimum Gasteiger partial charge on any atom is -0.342 e. The number of imidazole rings is 1. The van der Waals surface area contributed by atoms with Gasteiger partial charge in [0.25, 0.3) is 0 Å². The molecule has 0 spiro atoms. The van der Waals surface area contributed by atoms with Gasteiger partial charge < -0.3 is 14.4 Å². The average Bonchev–Trinajstić information content (AvgIpc) is 3.47. The summed E-state index contributed by atoms with van der Waals surface area (Å²) in [5.74, 6) is 1.05. The molecule has 0 aliphatic rings. The van der Waals surface area contributed by atoms with Crippen LogP contribution < -0.4 is 5.32 Å². The predicted octanol–water partition coefficient (Wildman–Crippen LogP) is 3.51. The maximum Gasteiger partial charge on any atom is 0.227 e. The molecule has 0 aliphatic heterocycles. The van der Waals surface area contributed by atoms with Crippen molar-refractivity contribution in [3.63, 3.8) is 0 Å². The molecule has 0 radical (unpaired) electrons. The van der Waals surface area contributed by atoms with Crippen LogP contribution in [0, 0.1) is 5.82 Å². The number of aromatic nitrogens is 4. The van der Waals surface area contributed by atoms with Crippen LogP contribution in [0.2, 0.25) is 0 Å². The highest BCUT2D eigenvalue weighted by Gasteiger charge is 2.21. The number of rotatable bonds is 7. The SMILES string of the molecule is Cn1ccnc1[C@H](NC(=O)CCc1nc(-c2cccs2)no1)c1ccc(F)cc1. The van der Waals surface area contributed by atoms with Crippen molar-refractivity contribution in [2.75, 3.05) is 0 Å². The lowest BCUT2D eigenvalue weighted by Gasteiger charge is -2.19. The van der Waals surface area contributed by atoms with Crippen molar-refractivity contribution in [2.45, 2.75) is 18.9 Å². The van der Waals surface area contributed by atoms with Crippen LogP contribution in [0.15, 0.2) is 58.7 Å². The molecule has 1 N–H and O–H groups in total. The van der Waals surface area contributed by atoms with Crippen LogP contribution >= 0.6 is 11.3 Å². The van der Waals surface area contributed by atoms with Gasteiger partial charge in [0, 0.05) is 32.3 Å². The van der Waals surface area contributed by atoms with E-state index in [0.717, 1.165) is 10.4 Å². The van der Waals surface area contributed by atoms with Crippen molar-refractivity contribution in [2.24, 2.45) is 7.05 Å². The van der Waals surface area contributed by atoms with Crippen LogP contribution in [0.4, 0.5) is 4.39 Å². The molecule has 9 heteroatoms. The molecule has 1 aromatic carbocycles. The first-order valence-electron chi connectivity index (χ1n) is 8.98. The summed E-state index contributed by atoms with van der Waals surface area (Å²) in [7, 11) is 1.84. The zero-order chi connectivity index (χ0) is 20.2. The predicted molar refractivity (Wildman–Crippen MR) is 106 cm³/mol. The topological polar surface area (TPSA) is 85.8 Å². The lowest BCUT2D eigenvalue weighted by molar-refractivity contribution is -0.121. The monoisotopic (exact) mass is 411 g/mol. The Morgan fingerprint density at radius 1 is 1.31 bits per heavy atom. The molecule has 3 aromatic heterocycles. The molecule has 0 saturated heterocycles. The Labute approximate surface area is 170 Å². The summed E-state index contributed by atoms with van der Waals surface area (Å²) in [5.41, 5.74) is 0.742. The highest BCUT2D eigenvalue weighted by molar-refractivity contribution is 7.13. The van der Waals surface area contributed by atoms with Gasteiger partial charge in [-0.15, -0.1) is 11.3 Å². The summed E-state index contributed by atoms with van der Waals surface area (Å²) in [5, 5.41) is 8.85. The lowest BCUT2D eigenvalue weighted by Crippen LogP contribution is -2.31.